The van der Waals surface area contributed by atoms with E-state index in [2.05, 4.69) is 10.4 Å². The van der Waals surface area contributed by atoms with Gasteiger partial charge in [-0.25, -0.2) is 4.68 Å². The molecule has 0 saturated heterocycles. The van der Waals surface area contributed by atoms with Crippen LogP contribution >= 0.6 is 0 Å². The fraction of sp³-hybridized carbons (Fsp3) is 0.800. The van der Waals surface area contributed by atoms with Crippen molar-refractivity contribution in [1.82, 2.24) is 9.78 Å². The number of aromatic nitrogens is 2. The third-order valence-corrected chi connectivity index (χ3v) is 4.33. The lowest BCUT2D eigenvalue weighted by atomic mass is 9.87. The van der Waals surface area contributed by atoms with Crippen LogP contribution in [0.5, 0.6) is 0 Å². The van der Waals surface area contributed by atoms with Crippen LogP contribution in [0, 0.1) is 16.0 Å². The minimum atomic E-state index is -0.305. The van der Waals surface area contributed by atoms with Crippen molar-refractivity contribution in [3.05, 3.63) is 15.8 Å². The summed E-state index contributed by atoms with van der Waals surface area (Å²) in [6, 6.07) is 0. The molecule has 1 aromatic heterocycles. The Kier molecular flexibility index (Phi) is 5.59. The van der Waals surface area contributed by atoms with E-state index in [4.69, 9.17) is 0 Å². The van der Waals surface area contributed by atoms with Crippen LogP contribution in [-0.4, -0.2) is 21.2 Å². The summed E-state index contributed by atoms with van der Waals surface area (Å²) in [5, 5.41) is 18.9. The highest BCUT2D eigenvalue weighted by molar-refractivity contribution is 5.59. The lowest BCUT2D eigenvalue weighted by Crippen LogP contribution is -2.14. The molecule has 1 aliphatic rings. The number of hydrogen-bond acceptors (Lipinski definition) is 4. The molecule has 6 heteroatoms. The smallest absolute Gasteiger partial charge is 0.333 e. The summed E-state index contributed by atoms with van der Waals surface area (Å²) in [6.07, 6.45) is 9.22. The predicted octanol–water partition coefficient (Wildman–Crippen LogP) is 3.66. The van der Waals surface area contributed by atoms with E-state index in [1.54, 1.807) is 11.7 Å². The first kappa shape index (κ1) is 15.8. The fourth-order valence-electron chi connectivity index (χ4n) is 3.23. The summed E-state index contributed by atoms with van der Waals surface area (Å²) in [7, 11) is 1.77. The van der Waals surface area contributed by atoms with Crippen molar-refractivity contribution in [2.45, 2.75) is 58.3 Å². The molecule has 0 atom stereocenters. The third-order valence-electron chi connectivity index (χ3n) is 4.33. The molecule has 1 N–H and O–H groups in total. The average molecular weight is 294 g/mol. The number of nitro groups is 1. The van der Waals surface area contributed by atoms with Gasteiger partial charge in [0.05, 0.1) is 4.92 Å². The largest absolute Gasteiger partial charge is 0.365 e. The van der Waals surface area contributed by atoms with Gasteiger partial charge in [0.25, 0.3) is 0 Å². The Hall–Kier alpha value is -1.59. The second-order valence-corrected chi connectivity index (χ2v) is 5.99. The molecule has 1 saturated carbocycles. The average Bonchev–Trinajstić information content (AvgIpc) is 2.77. The number of anilines is 1. The Bertz CT molecular complexity index is 478. The first-order valence-corrected chi connectivity index (χ1v) is 8.07. The van der Waals surface area contributed by atoms with Crippen molar-refractivity contribution in [2.24, 2.45) is 13.0 Å². The molecule has 1 heterocycles. The molecule has 6 nitrogen and oxygen atoms in total. The van der Waals surface area contributed by atoms with Crippen LogP contribution in [0.2, 0.25) is 0 Å². The van der Waals surface area contributed by atoms with Crippen LogP contribution in [0.25, 0.3) is 0 Å². The van der Waals surface area contributed by atoms with Gasteiger partial charge >= 0.3 is 5.69 Å². The normalized spacial score (nSPS) is 16.1. The minimum Gasteiger partial charge on any atom is -0.365 e. The summed E-state index contributed by atoms with van der Waals surface area (Å²) in [4.78, 5) is 11.0. The first-order valence-electron chi connectivity index (χ1n) is 8.07. The van der Waals surface area contributed by atoms with Crippen molar-refractivity contribution in [3.8, 4) is 0 Å². The minimum absolute atomic E-state index is 0.156. The molecule has 1 aromatic rings. The highest BCUT2D eigenvalue weighted by Gasteiger charge is 2.26. The summed E-state index contributed by atoms with van der Waals surface area (Å²) < 4.78 is 1.62. The molecular weight excluding hydrogens is 268 g/mol. The van der Waals surface area contributed by atoms with Crippen LogP contribution < -0.4 is 5.32 Å². The summed E-state index contributed by atoms with van der Waals surface area (Å²) >= 11 is 0. The van der Waals surface area contributed by atoms with Crippen LogP contribution in [0.15, 0.2) is 0 Å². The number of aryl methyl sites for hydroxylation is 2. The first-order chi connectivity index (χ1) is 10.1. The lowest BCUT2D eigenvalue weighted by molar-refractivity contribution is -0.384. The monoisotopic (exact) mass is 294 g/mol. The van der Waals surface area contributed by atoms with Crippen molar-refractivity contribution >= 4 is 11.5 Å². The fourth-order valence-corrected chi connectivity index (χ4v) is 3.23. The number of nitrogens with one attached hydrogen (secondary N) is 1. The zero-order chi connectivity index (χ0) is 15.2. The maximum absolute atomic E-state index is 11.3. The second kappa shape index (κ2) is 7.43. The van der Waals surface area contributed by atoms with E-state index in [0.717, 1.165) is 25.3 Å². The Labute approximate surface area is 126 Å². The van der Waals surface area contributed by atoms with Crippen molar-refractivity contribution in [2.75, 3.05) is 11.9 Å². The molecule has 0 aliphatic heterocycles. The second-order valence-electron chi connectivity index (χ2n) is 5.99. The van der Waals surface area contributed by atoms with Gasteiger partial charge in [-0.15, -0.1) is 0 Å². The van der Waals surface area contributed by atoms with Gasteiger partial charge in [-0.3, -0.25) is 10.1 Å². The summed E-state index contributed by atoms with van der Waals surface area (Å²) in [5.74, 6) is 1.33. The van der Waals surface area contributed by atoms with E-state index in [1.807, 2.05) is 6.92 Å². The molecule has 0 bridgehead atoms. The van der Waals surface area contributed by atoms with Gasteiger partial charge in [0.1, 0.15) is 5.69 Å². The topological polar surface area (TPSA) is 73.0 Å². The molecule has 21 heavy (non-hydrogen) atoms. The molecule has 0 spiro atoms. The van der Waals surface area contributed by atoms with Gasteiger partial charge < -0.3 is 5.32 Å². The molecule has 0 aromatic carbocycles. The standard InChI is InChI=1S/C15H26N4O2/c1-3-7-13-14(19(20)21)15(18(2)17-13)16-11-10-12-8-5-4-6-9-12/h12,16H,3-11H2,1-2H3. The van der Waals surface area contributed by atoms with Gasteiger partial charge in [-0.05, 0) is 18.8 Å². The van der Waals surface area contributed by atoms with Gasteiger partial charge in [0, 0.05) is 13.6 Å². The van der Waals surface area contributed by atoms with E-state index < -0.39 is 0 Å². The maximum Gasteiger partial charge on any atom is 0.333 e. The Balaban J connectivity index is 1.99. The molecular formula is C15H26N4O2. The third kappa shape index (κ3) is 3.95. The van der Waals surface area contributed by atoms with Gasteiger partial charge in [0.2, 0.25) is 5.82 Å². The predicted molar refractivity (Wildman–Crippen MR) is 83.5 cm³/mol. The van der Waals surface area contributed by atoms with E-state index in [1.165, 1.54) is 32.1 Å². The number of rotatable bonds is 7. The molecule has 0 radical (unpaired) electrons. The van der Waals surface area contributed by atoms with Gasteiger partial charge in [-0.1, -0.05) is 45.4 Å². The molecule has 2 rings (SSSR count). The van der Waals surface area contributed by atoms with E-state index >= 15 is 0 Å². The van der Waals surface area contributed by atoms with Crippen molar-refractivity contribution in [1.29, 1.82) is 0 Å². The van der Waals surface area contributed by atoms with Crippen LogP contribution in [0.3, 0.4) is 0 Å². The quantitative estimate of drug-likeness (QED) is 0.615. The molecule has 1 fully saturated rings. The van der Waals surface area contributed by atoms with E-state index in [-0.39, 0.29) is 10.6 Å². The van der Waals surface area contributed by atoms with E-state index in [0.29, 0.717) is 17.9 Å². The van der Waals surface area contributed by atoms with Crippen molar-refractivity contribution in [3.63, 3.8) is 0 Å². The SMILES string of the molecule is CCCc1nn(C)c(NCCC2CCCCC2)c1[N+](=O)[O-]. The van der Waals surface area contributed by atoms with Crippen LogP contribution in [0.4, 0.5) is 11.5 Å². The van der Waals surface area contributed by atoms with Crippen molar-refractivity contribution < 1.29 is 4.92 Å². The Morgan fingerprint density at radius 1 is 1.38 bits per heavy atom. The van der Waals surface area contributed by atoms with Gasteiger partial charge in [0.15, 0.2) is 0 Å². The lowest BCUT2D eigenvalue weighted by Gasteiger charge is -2.21. The molecule has 0 amide bonds. The van der Waals surface area contributed by atoms with E-state index in [9.17, 15) is 10.1 Å². The number of nitrogens with zero attached hydrogens (tertiary/aromatic N) is 3. The van der Waals surface area contributed by atoms with Crippen LogP contribution in [0.1, 0.15) is 57.6 Å². The molecule has 1 aliphatic carbocycles. The highest BCUT2D eigenvalue weighted by atomic mass is 16.6. The molecule has 118 valence electrons. The maximum atomic E-state index is 11.3. The summed E-state index contributed by atoms with van der Waals surface area (Å²) in [6.45, 7) is 2.80. The molecule has 0 unspecified atom stereocenters. The Morgan fingerprint density at radius 2 is 2.10 bits per heavy atom. The summed E-state index contributed by atoms with van der Waals surface area (Å²) in [5.41, 5.74) is 0.744. The van der Waals surface area contributed by atoms with Crippen LogP contribution in [-0.2, 0) is 13.5 Å². The zero-order valence-corrected chi connectivity index (χ0v) is 13.1. The van der Waals surface area contributed by atoms with Gasteiger partial charge in [-0.2, -0.15) is 5.10 Å². The number of hydrogen-bond donors (Lipinski definition) is 1. The zero-order valence-electron chi connectivity index (χ0n) is 13.1. The highest BCUT2D eigenvalue weighted by Crippen LogP contribution is 2.30. The Morgan fingerprint density at radius 3 is 2.71 bits per heavy atom.